The summed E-state index contributed by atoms with van der Waals surface area (Å²) >= 11 is 0. The predicted octanol–water partition coefficient (Wildman–Crippen LogP) is 15.3. The first-order valence-electron chi connectivity index (χ1n) is 21.2. The monoisotopic (exact) mass is 931 g/mol. The standard InChI is InChI=1S/2C17H23.C12H10Si.2C4H9.Hf/c2*1-6-13-7-15-9-14(11(2)3)10-16(12(4)5)17(15)8-13;1-3-7-11(8-4-1)13-12-9-5-2-6-10-12;2*1-3-4-2;/h2*7-12H,6H2,1-5H3;1-10H;2*1,3-4H2,2H3;/q2*-1;;2*-1;+4. The van der Waals surface area contributed by atoms with Crippen LogP contribution in [0.4, 0.5) is 0 Å². The van der Waals surface area contributed by atoms with Crippen molar-refractivity contribution >= 4 is 41.4 Å². The Morgan fingerprint density at radius 1 is 0.482 bits per heavy atom. The molecule has 0 aliphatic carbocycles. The molecule has 0 spiro atoms. The van der Waals surface area contributed by atoms with Crippen molar-refractivity contribution in [3.05, 3.63) is 156 Å². The Labute approximate surface area is 366 Å². The molecule has 6 aromatic carbocycles. The van der Waals surface area contributed by atoms with E-state index in [4.69, 9.17) is 0 Å². The molecule has 2 radical (unpaired) electrons. The third-order valence-electron chi connectivity index (χ3n) is 9.81. The summed E-state index contributed by atoms with van der Waals surface area (Å²) in [6, 6.07) is 40.1. The van der Waals surface area contributed by atoms with Gasteiger partial charge in [0.15, 0.2) is 0 Å². The summed E-state index contributed by atoms with van der Waals surface area (Å²) in [5.74, 6) is 2.42. The van der Waals surface area contributed by atoms with Gasteiger partial charge in [0.1, 0.15) is 9.52 Å². The van der Waals surface area contributed by atoms with Gasteiger partial charge in [-0.3, -0.25) is 0 Å². The molecule has 0 atom stereocenters. The SMILES string of the molecule is CCc1cc2c(C(C)C)cc(C(C)C)cc2[cH-]1.CCc1cc2c(C(C)C)cc(C(C)C)cc2[cH-]1.[CH2-]CCC.[CH2-]CCC.[Hf+4].c1ccc([Si]c2ccccc2)cc1. The Morgan fingerprint density at radius 2 is 0.804 bits per heavy atom. The summed E-state index contributed by atoms with van der Waals surface area (Å²) in [7, 11) is 0.777. The molecule has 0 aliphatic rings. The summed E-state index contributed by atoms with van der Waals surface area (Å²) in [6.07, 6.45) is 6.81. The van der Waals surface area contributed by atoms with Crippen molar-refractivity contribution in [2.24, 2.45) is 0 Å². The van der Waals surface area contributed by atoms with E-state index < -0.39 is 0 Å². The maximum Gasteiger partial charge on any atom is 4.00 e. The molecule has 0 N–H and O–H groups in total. The van der Waals surface area contributed by atoms with Gasteiger partial charge in [0.25, 0.3) is 0 Å². The van der Waals surface area contributed by atoms with Gasteiger partial charge in [-0.05, 0) is 36.5 Å². The average molecular weight is 930 g/mol. The molecule has 298 valence electrons. The van der Waals surface area contributed by atoms with Crippen LogP contribution in [0.3, 0.4) is 0 Å². The van der Waals surface area contributed by atoms with Crippen molar-refractivity contribution < 1.29 is 25.8 Å². The van der Waals surface area contributed by atoms with Crippen LogP contribution in [0.1, 0.15) is 166 Å². The van der Waals surface area contributed by atoms with Gasteiger partial charge in [-0.15, -0.1) is 56.9 Å². The van der Waals surface area contributed by atoms with Crippen molar-refractivity contribution in [3.8, 4) is 0 Å². The van der Waals surface area contributed by atoms with E-state index in [2.05, 4.69) is 206 Å². The van der Waals surface area contributed by atoms with Crippen LogP contribution >= 0.6 is 0 Å². The number of unbranched alkanes of at least 4 members (excludes halogenated alkanes) is 2. The van der Waals surface area contributed by atoms with E-state index in [-0.39, 0.29) is 25.8 Å². The van der Waals surface area contributed by atoms with E-state index in [1.54, 1.807) is 0 Å². The number of benzene rings is 4. The zero-order chi connectivity index (χ0) is 40.9. The molecule has 2 heteroatoms. The minimum absolute atomic E-state index is 0. The molecule has 0 fully saturated rings. The molecule has 0 unspecified atom stereocenters. The molecule has 0 bridgehead atoms. The van der Waals surface area contributed by atoms with Crippen molar-refractivity contribution in [2.75, 3.05) is 0 Å². The van der Waals surface area contributed by atoms with Gasteiger partial charge < -0.3 is 13.8 Å². The van der Waals surface area contributed by atoms with E-state index in [9.17, 15) is 0 Å². The normalized spacial score (nSPS) is 10.6. The van der Waals surface area contributed by atoms with Crippen molar-refractivity contribution in [1.29, 1.82) is 0 Å². The van der Waals surface area contributed by atoms with Gasteiger partial charge in [0, 0.05) is 0 Å². The van der Waals surface area contributed by atoms with Crippen molar-refractivity contribution in [3.63, 3.8) is 0 Å². The van der Waals surface area contributed by atoms with Crippen LogP contribution in [0.15, 0.2) is 109 Å². The van der Waals surface area contributed by atoms with E-state index >= 15 is 0 Å². The Hall–Kier alpha value is -2.81. The Morgan fingerprint density at radius 3 is 1.05 bits per heavy atom. The van der Waals surface area contributed by atoms with E-state index in [1.165, 1.54) is 78.1 Å². The topological polar surface area (TPSA) is 0 Å². The minimum Gasteiger partial charge on any atom is -0.343 e. The second kappa shape index (κ2) is 27.8. The van der Waals surface area contributed by atoms with Crippen LogP contribution in [0, 0.1) is 13.8 Å². The molecule has 0 saturated carbocycles. The predicted molar refractivity (Wildman–Crippen MR) is 253 cm³/mol. The number of rotatable bonds is 10. The molecule has 0 nitrogen and oxygen atoms in total. The third-order valence-corrected chi connectivity index (χ3v) is 11.1. The summed E-state index contributed by atoms with van der Waals surface area (Å²) in [4.78, 5) is 0. The zero-order valence-electron chi connectivity index (χ0n) is 37.4. The fraction of sp³-hybridized carbons (Fsp3) is 0.407. The first-order chi connectivity index (χ1) is 26.3. The minimum atomic E-state index is 0. The molecule has 0 heterocycles. The Balaban J connectivity index is 0.000000382. The van der Waals surface area contributed by atoms with E-state index in [0.717, 1.165) is 35.2 Å². The van der Waals surface area contributed by atoms with Gasteiger partial charge in [0.05, 0.1) is 0 Å². The van der Waals surface area contributed by atoms with Gasteiger partial charge in [-0.2, -0.15) is 25.0 Å². The number of aryl methyl sites for hydroxylation is 2. The molecule has 0 aliphatic heterocycles. The molecule has 6 aromatic rings. The fourth-order valence-corrected chi connectivity index (χ4v) is 7.16. The van der Waals surface area contributed by atoms with Crippen LogP contribution in [-0.4, -0.2) is 9.52 Å². The molecule has 0 amide bonds. The van der Waals surface area contributed by atoms with Gasteiger partial charge in [0.2, 0.25) is 0 Å². The van der Waals surface area contributed by atoms with Gasteiger partial charge >= 0.3 is 25.8 Å². The third kappa shape index (κ3) is 17.0. The summed E-state index contributed by atoms with van der Waals surface area (Å²) in [5.41, 5.74) is 8.87. The van der Waals surface area contributed by atoms with E-state index in [0.29, 0.717) is 23.7 Å². The Kier molecular flexibility index (Phi) is 25.4. The first-order valence-corrected chi connectivity index (χ1v) is 22.2. The Bertz CT molecular complexity index is 1740. The average Bonchev–Trinajstić information content (AvgIpc) is 3.82. The molecule has 6 rings (SSSR count). The maximum absolute atomic E-state index is 3.60. The van der Waals surface area contributed by atoms with Crippen LogP contribution in [-0.2, 0) is 38.7 Å². The molecular weight excluding hydrogens is 855 g/mol. The first kappa shape index (κ1) is 51.2. The maximum atomic E-state index is 3.60. The number of hydrogen-bond donors (Lipinski definition) is 0. The number of fused-ring (bicyclic) bond motifs is 2. The summed E-state index contributed by atoms with van der Waals surface area (Å²) in [6.45, 7) is 34.1. The van der Waals surface area contributed by atoms with Crippen LogP contribution < -0.4 is 10.4 Å². The largest absolute Gasteiger partial charge is 4.00 e. The number of hydrogen-bond acceptors (Lipinski definition) is 0. The molecule has 0 saturated heterocycles. The van der Waals surface area contributed by atoms with E-state index in [1.807, 2.05) is 0 Å². The summed E-state index contributed by atoms with van der Waals surface area (Å²) in [5, 5.41) is 8.57. The van der Waals surface area contributed by atoms with Gasteiger partial charge in [-0.25, -0.2) is 0 Å². The second-order valence-corrected chi connectivity index (χ2v) is 17.2. The zero-order valence-corrected chi connectivity index (χ0v) is 42.0. The quantitative estimate of drug-likeness (QED) is 0.0949. The van der Waals surface area contributed by atoms with Crippen LogP contribution in [0.2, 0.25) is 0 Å². The van der Waals surface area contributed by atoms with Crippen LogP contribution in [0.25, 0.3) is 21.5 Å². The van der Waals surface area contributed by atoms with Crippen molar-refractivity contribution in [2.45, 2.75) is 145 Å². The fourth-order valence-electron chi connectivity index (χ4n) is 6.11. The smallest absolute Gasteiger partial charge is 0.343 e. The second-order valence-electron chi connectivity index (χ2n) is 15.8. The van der Waals surface area contributed by atoms with Crippen LogP contribution in [0.5, 0.6) is 0 Å². The summed E-state index contributed by atoms with van der Waals surface area (Å²) < 4.78 is 0. The van der Waals surface area contributed by atoms with Crippen molar-refractivity contribution in [1.82, 2.24) is 0 Å². The molecular formula is C54H74HfSi. The molecule has 56 heavy (non-hydrogen) atoms. The van der Waals surface area contributed by atoms with Gasteiger partial charge in [-0.1, -0.05) is 201 Å². The molecule has 0 aromatic heterocycles.